The van der Waals surface area contributed by atoms with Crippen LogP contribution in [0.25, 0.3) is 0 Å². The second-order valence-electron chi connectivity index (χ2n) is 5.00. The largest absolute Gasteiger partial charge is 0.390 e. The first kappa shape index (κ1) is 12.2. The van der Waals surface area contributed by atoms with Gasteiger partial charge in [-0.25, -0.2) is 0 Å². The predicted octanol–water partition coefficient (Wildman–Crippen LogP) is 2.01. The van der Waals surface area contributed by atoms with Crippen molar-refractivity contribution in [2.75, 3.05) is 26.2 Å². The number of rotatable bonds is 5. The first-order valence-corrected chi connectivity index (χ1v) is 6.05. The zero-order chi connectivity index (χ0) is 11.6. The lowest BCUT2D eigenvalue weighted by molar-refractivity contribution is -0.137. The van der Waals surface area contributed by atoms with Gasteiger partial charge in [0, 0.05) is 19.1 Å². The van der Waals surface area contributed by atoms with E-state index in [0.29, 0.717) is 12.0 Å². The van der Waals surface area contributed by atoms with E-state index in [1.54, 1.807) is 0 Å². The number of nitrogens with zero attached hydrogens (tertiary/aromatic N) is 1. The highest BCUT2D eigenvalue weighted by Crippen LogP contribution is 2.24. The normalized spacial score (nSPS) is 27.6. The molecule has 5 heteroatoms. The summed E-state index contributed by atoms with van der Waals surface area (Å²) in [5.74, 6) is 0.550. The van der Waals surface area contributed by atoms with Crippen molar-refractivity contribution >= 4 is 0 Å². The van der Waals surface area contributed by atoms with Crippen molar-refractivity contribution in [1.29, 1.82) is 0 Å². The first-order chi connectivity index (χ1) is 7.53. The summed E-state index contributed by atoms with van der Waals surface area (Å²) >= 11 is 0. The molecule has 2 fully saturated rings. The molecule has 0 bridgehead atoms. The van der Waals surface area contributed by atoms with Crippen LogP contribution in [0.3, 0.4) is 0 Å². The summed E-state index contributed by atoms with van der Waals surface area (Å²) in [5.41, 5.74) is 0. The molecule has 0 aromatic carbocycles. The van der Waals surface area contributed by atoms with E-state index < -0.39 is 12.6 Å². The highest BCUT2D eigenvalue weighted by molar-refractivity contribution is 4.84. The average Bonchev–Trinajstić information content (AvgIpc) is 2.91. The van der Waals surface area contributed by atoms with Gasteiger partial charge in [-0.15, -0.1) is 0 Å². The van der Waals surface area contributed by atoms with Gasteiger partial charge in [0.2, 0.25) is 0 Å². The Morgan fingerprint density at radius 3 is 2.56 bits per heavy atom. The molecule has 2 nitrogen and oxygen atoms in total. The number of halogens is 3. The summed E-state index contributed by atoms with van der Waals surface area (Å²) in [4.78, 5) is 1.94. The second kappa shape index (κ2) is 4.92. The summed E-state index contributed by atoms with van der Waals surface area (Å²) in [6, 6.07) is 0.698. The van der Waals surface area contributed by atoms with Gasteiger partial charge >= 0.3 is 6.18 Å². The molecule has 2 aliphatic rings. The van der Waals surface area contributed by atoms with E-state index in [1.807, 2.05) is 4.90 Å². The number of hydrogen-bond acceptors (Lipinski definition) is 2. The maximum atomic E-state index is 12.0. The topological polar surface area (TPSA) is 15.3 Å². The van der Waals surface area contributed by atoms with Crippen LogP contribution in [0.15, 0.2) is 0 Å². The summed E-state index contributed by atoms with van der Waals surface area (Å²) in [5, 5.41) is 3.44. The van der Waals surface area contributed by atoms with E-state index in [4.69, 9.17) is 0 Å². The fraction of sp³-hybridized carbons (Fsp3) is 1.00. The molecule has 0 amide bonds. The van der Waals surface area contributed by atoms with Gasteiger partial charge in [-0.05, 0) is 38.3 Å². The third-order valence-corrected chi connectivity index (χ3v) is 3.35. The van der Waals surface area contributed by atoms with Crippen molar-refractivity contribution in [3.63, 3.8) is 0 Å². The minimum Gasteiger partial charge on any atom is -0.314 e. The second-order valence-corrected chi connectivity index (χ2v) is 5.00. The molecule has 1 atom stereocenters. The van der Waals surface area contributed by atoms with Gasteiger partial charge in [0.1, 0.15) is 0 Å². The maximum Gasteiger partial charge on any atom is 0.390 e. The Morgan fingerprint density at radius 1 is 1.19 bits per heavy atom. The quantitative estimate of drug-likeness (QED) is 0.785. The zero-order valence-corrected chi connectivity index (χ0v) is 9.39. The molecule has 1 N–H and O–H groups in total. The summed E-state index contributed by atoms with van der Waals surface area (Å²) in [6.07, 6.45) is -1.10. The summed E-state index contributed by atoms with van der Waals surface area (Å²) in [7, 11) is 0. The van der Waals surface area contributed by atoms with Crippen LogP contribution in [0.5, 0.6) is 0 Å². The third-order valence-electron chi connectivity index (χ3n) is 3.35. The van der Waals surface area contributed by atoms with Crippen LogP contribution in [0.2, 0.25) is 0 Å². The van der Waals surface area contributed by atoms with Gasteiger partial charge < -0.3 is 10.2 Å². The maximum absolute atomic E-state index is 12.0. The molecule has 1 aliphatic carbocycles. The molecule has 1 aliphatic heterocycles. The summed E-state index contributed by atoms with van der Waals surface area (Å²) < 4.78 is 36.1. The molecule has 1 unspecified atom stereocenters. The van der Waals surface area contributed by atoms with Gasteiger partial charge in [0.25, 0.3) is 0 Å². The van der Waals surface area contributed by atoms with Gasteiger partial charge in [-0.1, -0.05) is 0 Å². The number of hydrogen-bond donors (Lipinski definition) is 1. The Bertz CT molecular complexity index is 226. The van der Waals surface area contributed by atoms with Crippen molar-refractivity contribution in [1.82, 2.24) is 10.2 Å². The minimum absolute atomic E-state index is 0.170. The molecule has 16 heavy (non-hydrogen) atoms. The van der Waals surface area contributed by atoms with E-state index >= 15 is 0 Å². The molecule has 0 aromatic heterocycles. The predicted molar refractivity (Wildman–Crippen MR) is 56.2 cm³/mol. The SMILES string of the molecule is FC(F)(F)CCN1CCC(CNC2CC2)C1. The molecule has 1 heterocycles. The highest BCUT2D eigenvalue weighted by atomic mass is 19.4. The lowest BCUT2D eigenvalue weighted by atomic mass is 10.1. The monoisotopic (exact) mass is 236 g/mol. The Hall–Kier alpha value is -0.290. The fourth-order valence-corrected chi connectivity index (χ4v) is 2.19. The molecular weight excluding hydrogens is 217 g/mol. The van der Waals surface area contributed by atoms with Crippen LogP contribution in [0.4, 0.5) is 13.2 Å². The number of likely N-dealkylation sites (tertiary alicyclic amines) is 1. The van der Waals surface area contributed by atoms with Crippen LogP contribution in [-0.2, 0) is 0 Å². The van der Waals surface area contributed by atoms with Crippen molar-refractivity contribution < 1.29 is 13.2 Å². The fourth-order valence-electron chi connectivity index (χ4n) is 2.19. The molecule has 0 aromatic rings. The molecule has 1 saturated carbocycles. The zero-order valence-electron chi connectivity index (χ0n) is 9.39. The third kappa shape index (κ3) is 4.29. The van der Waals surface area contributed by atoms with Crippen LogP contribution in [0, 0.1) is 5.92 Å². The Morgan fingerprint density at radius 2 is 1.94 bits per heavy atom. The van der Waals surface area contributed by atoms with Crippen molar-refractivity contribution in [3.05, 3.63) is 0 Å². The molecule has 0 radical (unpaired) electrons. The lowest BCUT2D eigenvalue weighted by Crippen LogP contribution is -2.29. The van der Waals surface area contributed by atoms with E-state index in [2.05, 4.69) is 5.32 Å². The van der Waals surface area contributed by atoms with Gasteiger partial charge in [-0.3, -0.25) is 0 Å². The van der Waals surface area contributed by atoms with E-state index in [-0.39, 0.29) is 6.54 Å². The first-order valence-electron chi connectivity index (χ1n) is 6.05. The van der Waals surface area contributed by atoms with E-state index in [9.17, 15) is 13.2 Å². The molecule has 2 rings (SSSR count). The van der Waals surface area contributed by atoms with Crippen LogP contribution in [-0.4, -0.2) is 43.3 Å². The van der Waals surface area contributed by atoms with Crippen molar-refractivity contribution in [2.45, 2.75) is 37.9 Å². The Balaban J connectivity index is 1.59. The molecular formula is C11H19F3N2. The van der Waals surface area contributed by atoms with Crippen molar-refractivity contribution in [2.24, 2.45) is 5.92 Å². The Labute approximate surface area is 94.2 Å². The molecule has 0 spiro atoms. The van der Waals surface area contributed by atoms with E-state index in [1.165, 1.54) is 12.8 Å². The standard InChI is InChI=1S/C11H19F3N2/c12-11(13,14)4-6-16-5-3-9(8-16)7-15-10-1-2-10/h9-10,15H,1-8H2. The Kier molecular flexibility index (Phi) is 3.74. The average molecular weight is 236 g/mol. The highest BCUT2D eigenvalue weighted by Gasteiger charge is 2.30. The van der Waals surface area contributed by atoms with Gasteiger partial charge in [-0.2, -0.15) is 13.2 Å². The smallest absolute Gasteiger partial charge is 0.314 e. The van der Waals surface area contributed by atoms with Crippen molar-refractivity contribution in [3.8, 4) is 0 Å². The van der Waals surface area contributed by atoms with Gasteiger partial charge in [0.15, 0.2) is 0 Å². The van der Waals surface area contributed by atoms with Crippen LogP contribution in [0.1, 0.15) is 25.7 Å². The lowest BCUT2D eigenvalue weighted by Gasteiger charge is -2.17. The number of alkyl halides is 3. The minimum atomic E-state index is -4.01. The summed E-state index contributed by atoms with van der Waals surface area (Å²) in [6.45, 7) is 2.81. The van der Waals surface area contributed by atoms with Crippen LogP contribution < -0.4 is 5.32 Å². The van der Waals surface area contributed by atoms with Gasteiger partial charge in [0.05, 0.1) is 6.42 Å². The number of nitrogens with one attached hydrogen (secondary N) is 1. The van der Waals surface area contributed by atoms with Crippen LogP contribution >= 0.6 is 0 Å². The molecule has 94 valence electrons. The van der Waals surface area contributed by atoms with E-state index in [0.717, 1.165) is 26.1 Å². The molecule has 1 saturated heterocycles.